The van der Waals surface area contributed by atoms with E-state index < -0.39 is 9.84 Å². The van der Waals surface area contributed by atoms with E-state index in [-0.39, 0.29) is 0 Å². The average Bonchev–Trinajstić information content (AvgIpc) is 2.37. The van der Waals surface area contributed by atoms with Gasteiger partial charge < -0.3 is 5.32 Å². The molecule has 0 radical (unpaired) electrons. The first-order valence-corrected chi connectivity index (χ1v) is 8.59. The Balaban J connectivity index is 1.91. The largest absolute Gasteiger partial charge is 0.370 e. The monoisotopic (exact) mass is 283 g/mol. The second-order valence-electron chi connectivity index (χ2n) is 5.12. The van der Waals surface area contributed by atoms with Crippen molar-refractivity contribution in [2.45, 2.75) is 33.1 Å². The molecular formula is C13H21N3O2S. The lowest BCUT2D eigenvalue weighted by atomic mass is 10.0. The minimum Gasteiger partial charge on any atom is -0.370 e. The van der Waals surface area contributed by atoms with Gasteiger partial charge in [0.05, 0.1) is 11.5 Å². The van der Waals surface area contributed by atoms with E-state index in [0.717, 1.165) is 43.1 Å². The van der Waals surface area contributed by atoms with Gasteiger partial charge in [0, 0.05) is 18.3 Å². The Morgan fingerprint density at radius 1 is 1.32 bits per heavy atom. The minimum atomic E-state index is -2.77. The van der Waals surface area contributed by atoms with Crippen molar-refractivity contribution < 1.29 is 8.42 Å². The number of sulfone groups is 1. The molecule has 1 aliphatic heterocycles. The van der Waals surface area contributed by atoms with Gasteiger partial charge in [0.25, 0.3) is 0 Å². The average molecular weight is 283 g/mol. The topological polar surface area (TPSA) is 72.0 Å². The standard InChI is InChI=1S/C13H21N3O2S/c1-3-12-8-13(16-10(2)15-12)14-9-11-4-6-19(17,18)7-5-11/h8,11H,3-7,9H2,1-2H3,(H,14,15,16). The summed E-state index contributed by atoms with van der Waals surface area (Å²) in [5.74, 6) is 2.68. The van der Waals surface area contributed by atoms with Gasteiger partial charge in [0.2, 0.25) is 0 Å². The normalized spacial score (nSPS) is 19.3. The maximum Gasteiger partial charge on any atom is 0.150 e. The Morgan fingerprint density at radius 3 is 2.63 bits per heavy atom. The van der Waals surface area contributed by atoms with Gasteiger partial charge in [-0.05, 0) is 32.1 Å². The lowest BCUT2D eigenvalue weighted by Gasteiger charge is -2.22. The zero-order valence-corrected chi connectivity index (χ0v) is 12.3. The molecule has 0 atom stereocenters. The van der Waals surface area contributed by atoms with Crippen molar-refractivity contribution in [3.05, 3.63) is 17.6 Å². The molecule has 106 valence electrons. The predicted molar refractivity (Wildman–Crippen MR) is 76.0 cm³/mol. The zero-order chi connectivity index (χ0) is 13.9. The minimum absolute atomic E-state index is 0.322. The van der Waals surface area contributed by atoms with E-state index in [1.165, 1.54) is 0 Å². The fourth-order valence-electron chi connectivity index (χ4n) is 2.29. The van der Waals surface area contributed by atoms with Crippen molar-refractivity contribution in [3.8, 4) is 0 Å². The number of hydrogen-bond acceptors (Lipinski definition) is 5. The molecule has 1 saturated heterocycles. The summed E-state index contributed by atoms with van der Waals surface area (Å²) in [6.07, 6.45) is 2.39. The van der Waals surface area contributed by atoms with Crippen molar-refractivity contribution in [1.82, 2.24) is 9.97 Å². The first kappa shape index (κ1) is 14.2. The highest BCUT2D eigenvalue weighted by atomic mass is 32.2. The molecule has 1 aromatic rings. The molecular weight excluding hydrogens is 262 g/mol. The predicted octanol–water partition coefficient (Wildman–Crippen LogP) is 1.58. The van der Waals surface area contributed by atoms with Crippen LogP contribution in [0.5, 0.6) is 0 Å². The molecule has 0 unspecified atom stereocenters. The molecule has 1 fully saturated rings. The first-order chi connectivity index (χ1) is 8.98. The van der Waals surface area contributed by atoms with Crippen molar-refractivity contribution in [1.29, 1.82) is 0 Å². The molecule has 1 N–H and O–H groups in total. The molecule has 0 bridgehead atoms. The van der Waals surface area contributed by atoms with Crippen LogP contribution in [0, 0.1) is 12.8 Å². The number of anilines is 1. The van der Waals surface area contributed by atoms with E-state index in [0.29, 0.717) is 17.4 Å². The first-order valence-electron chi connectivity index (χ1n) is 6.77. The Morgan fingerprint density at radius 2 is 2.00 bits per heavy atom. The van der Waals surface area contributed by atoms with Crippen molar-refractivity contribution in [2.24, 2.45) is 5.92 Å². The van der Waals surface area contributed by atoms with Gasteiger partial charge in [-0.15, -0.1) is 0 Å². The van der Waals surface area contributed by atoms with Crippen LogP contribution in [0.25, 0.3) is 0 Å². The van der Waals surface area contributed by atoms with Crippen LogP contribution in [0.3, 0.4) is 0 Å². The second-order valence-corrected chi connectivity index (χ2v) is 7.43. The molecule has 2 rings (SSSR count). The smallest absolute Gasteiger partial charge is 0.150 e. The van der Waals surface area contributed by atoms with E-state index in [1.54, 1.807) is 0 Å². The number of nitrogens with one attached hydrogen (secondary N) is 1. The van der Waals surface area contributed by atoms with Gasteiger partial charge in [-0.2, -0.15) is 0 Å². The summed E-state index contributed by atoms with van der Waals surface area (Å²) >= 11 is 0. The van der Waals surface area contributed by atoms with Crippen LogP contribution in [-0.4, -0.2) is 36.4 Å². The van der Waals surface area contributed by atoms with Crippen molar-refractivity contribution in [2.75, 3.05) is 23.4 Å². The summed E-state index contributed by atoms with van der Waals surface area (Å²) in [6, 6.07) is 1.96. The summed E-state index contributed by atoms with van der Waals surface area (Å²) in [5, 5.41) is 3.31. The lowest BCUT2D eigenvalue weighted by molar-refractivity contribution is 0.484. The van der Waals surface area contributed by atoms with Crippen LogP contribution >= 0.6 is 0 Å². The maximum absolute atomic E-state index is 11.4. The van der Waals surface area contributed by atoms with Gasteiger partial charge in [-0.3, -0.25) is 0 Å². The third kappa shape index (κ3) is 4.16. The summed E-state index contributed by atoms with van der Waals surface area (Å²) in [4.78, 5) is 8.69. The maximum atomic E-state index is 11.4. The van der Waals surface area contributed by atoms with E-state index in [4.69, 9.17) is 0 Å². The molecule has 6 heteroatoms. The van der Waals surface area contributed by atoms with Crippen molar-refractivity contribution >= 4 is 15.7 Å². The molecule has 1 aromatic heterocycles. The number of nitrogens with zero attached hydrogens (tertiary/aromatic N) is 2. The molecule has 0 aliphatic carbocycles. The number of rotatable bonds is 4. The molecule has 0 amide bonds. The zero-order valence-electron chi connectivity index (χ0n) is 11.5. The van der Waals surface area contributed by atoms with Gasteiger partial charge in [-0.1, -0.05) is 6.92 Å². The second kappa shape index (κ2) is 5.86. The van der Waals surface area contributed by atoms with Crippen molar-refractivity contribution in [3.63, 3.8) is 0 Å². The highest BCUT2D eigenvalue weighted by Crippen LogP contribution is 2.19. The summed E-state index contributed by atoms with van der Waals surface area (Å²) in [7, 11) is -2.77. The molecule has 0 spiro atoms. The van der Waals surface area contributed by atoms with Gasteiger partial charge in [0.1, 0.15) is 21.5 Å². The summed E-state index contributed by atoms with van der Waals surface area (Å²) < 4.78 is 22.7. The summed E-state index contributed by atoms with van der Waals surface area (Å²) in [5.41, 5.74) is 1.03. The third-order valence-corrected chi connectivity index (χ3v) is 5.21. The highest BCUT2D eigenvalue weighted by Gasteiger charge is 2.23. The molecule has 2 heterocycles. The molecule has 0 saturated carbocycles. The van der Waals surface area contributed by atoms with Crippen LogP contribution in [0.15, 0.2) is 6.07 Å². The third-order valence-electron chi connectivity index (χ3n) is 3.50. The number of aromatic nitrogens is 2. The van der Waals surface area contributed by atoms with Crippen LogP contribution in [0.4, 0.5) is 5.82 Å². The number of aryl methyl sites for hydroxylation is 2. The number of hydrogen-bond donors (Lipinski definition) is 1. The molecule has 19 heavy (non-hydrogen) atoms. The molecule has 5 nitrogen and oxygen atoms in total. The van der Waals surface area contributed by atoms with Crippen LogP contribution < -0.4 is 5.32 Å². The molecule has 1 aliphatic rings. The Kier molecular flexibility index (Phi) is 4.39. The van der Waals surface area contributed by atoms with Gasteiger partial charge >= 0.3 is 0 Å². The van der Waals surface area contributed by atoms with Crippen LogP contribution in [0.2, 0.25) is 0 Å². The van der Waals surface area contributed by atoms with E-state index in [9.17, 15) is 8.42 Å². The Hall–Kier alpha value is -1.17. The van der Waals surface area contributed by atoms with Gasteiger partial charge in [0.15, 0.2) is 0 Å². The Labute approximate surface area is 114 Å². The summed E-state index contributed by atoms with van der Waals surface area (Å²) in [6.45, 7) is 4.74. The Bertz CT molecular complexity index is 529. The fraction of sp³-hybridized carbons (Fsp3) is 0.692. The van der Waals surface area contributed by atoms with E-state index in [2.05, 4.69) is 22.2 Å². The molecule has 0 aromatic carbocycles. The van der Waals surface area contributed by atoms with E-state index in [1.807, 2.05) is 13.0 Å². The highest BCUT2D eigenvalue weighted by molar-refractivity contribution is 7.91. The lowest BCUT2D eigenvalue weighted by Crippen LogP contribution is -2.27. The van der Waals surface area contributed by atoms with Crippen LogP contribution in [-0.2, 0) is 16.3 Å². The van der Waals surface area contributed by atoms with Crippen LogP contribution in [0.1, 0.15) is 31.3 Å². The fourth-order valence-corrected chi connectivity index (χ4v) is 3.88. The quantitative estimate of drug-likeness (QED) is 0.908. The van der Waals surface area contributed by atoms with E-state index >= 15 is 0 Å². The SMILES string of the molecule is CCc1cc(NCC2CCS(=O)(=O)CC2)nc(C)n1. The van der Waals surface area contributed by atoms with Gasteiger partial charge in [-0.25, -0.2) is 18.4 Å².